The minimum absolute atomic E-state index is 0.846. The van der Waals surface area contributed by atoms with E-state index < -0.39 is 0 Å². The Kier molecular flexibility index (Phi) is 15.6. The minimum atomic E-state index is 0.846. The second-order valence-electron chi connectivity index (χ2n) is 9.78. The second-order valence-corrected chi connectivity index (χ2v) is 16.6. The molecule has 4 fully saturated rings. The van der Waals surface area contributed by atoms with Crippen LogP contribution in [0.1, 0.15) is 0 Å². The fourth-order valence-electron chi connectivity index (χ4n) is 4.68. The van der Waals surface area contributed by atoms with E-state index in [0.29, 0.717) is 0 Å². The summed E-state index contributed by atoms with van der Waals surface area (Å²) in [5.41, 5.74) is 0. The van der Waals surface area contributed by atoms with Crippen molar-refractivity contribution in [2.45, 2.75) is 0 Å². The molecule has 40 heavy (non-hydrogen) atoms. The SMILES string of the molecule is S=C(SCCN1CCOCC1)N1CCN(C(=S)SSC(=S)N2CCN(C(=S)SCCN3CCOCC3)CC2)CC1. The van der Waals surface area contributed by atoms with Crippen molar-refractivity contribution in [3.05, 3.63) is 0 Å². The van der Waals surface area contributed by atoms with E-state index in [2.05, 4.69) is 29.4 Å². The van der Waals surface area contributed by atoms with Crippen LogP contribution in [0.4, 0.5) is 0 Å². The average molecular weight is 701 g/mol. The van der Waals surface area contributed by atoms with Crippen LogP contribution in [0.25, 0.3) is 0 Å². The molecule has 0 saturated carbocycles. The van der Waals surface area contributed by atoms with Gasteiger partial charge >= 0.3 is 0 Å². The van der Waals surface area contributed by atoms with Gasteiger partial charge in [0.15, 0.2) is 0 Å². The third-order valence-corrected chi connectivity index (χ3v) is 14.0. The lowest BCUT2D eigenvalue weighted by atomic mass is 10.4. The molecule has 8 nitrogen and oxygen atoms in total. The fraction of sp³-hybridized carbons (Fsp3) is 0.833. The zero-order chi connectivity index (χ0) is 28.2. The van der Waals surface area contributed by atoms with Crippen molar-refractivity contribution in [3.8, 4) is 0 Å². The normalized spacial score (nSPS) is 21.5. The average Bonchev–Trinajstić information content (AvgIpc) is 3.01. The van der Waals surface area contributed by atoms with Gasteiger partial charge in [0, 0.05) is 103 Å². The number of thioether (sulfide) groups is 2. The quantitative estimate of drug-likeness (QED) is 0.301. The summed E-state index contributed by atoms with van der Waals surface area (Å²) in [5.74, 6) is 2.07. The van der Waals surface area contributed by atoms with E-state index in [1.165, 1.54) is 0 Å². The first-order valence-electron chi connectivity index (χ1n) is 13.9. The van der Waals surface area contributed by atoms with E-state index in [1.54, 1.807) is 45.1 Å². The number of morpholine rings is 2. The molecule has 0 aromatic heterocycles. The van der Waals surface area contributed by atoms with Crippen LogP contribution in [0.5, 0.6) is 0 Å². The van der Waals surface area contributed by atoms with Gasteiger partial charge in [0.1, 0.15) is 17.3 Å². The molecule has 0 aromatic rings. The van der Waals surface area contributed by atoms with Crippen LogP contribution >= 0.6 is 94.0 Å². The second kappa shape index (κ2) is 18.6. The Morgan fingerprint density at radius 2 is 0.750 bits per heavy atom. The van der Waals surface area contributed by atoms with E-state index in [-0.39, 0.29) is 0 Å². The lowest BCUT2D eigenvalue weighted by molar-refractivity contribution is 0.0409. The van der Waals surface area contributed by atoms with Crippen LogP contribution in [0, 0.1) is 0 Å². The van der Waals surface area contributed by atoms with Crippen molar-refractivity contribution < 1.29 is 9.47 Å². The Balaban J connectivity index is 1.04. The Labute approximate surface area is 277 Å². The van der Waals surface area contributed by atoms with Crippen molar-refractivity contribution in [2.24, 2.45) is 0 Å². The largest absolute Gasteiger partial charge is 0.379 e. The molecule has 0 unspecified atom stereocenters. The lowest BCUT2D eigenvalue weighted by Gasteiger charge is -2.38. The molecular weight excluding hydrogens is 661 g/mol. The zero-order valence-corrected chi connectivity index (χ0v) is 29.4. The zero-order valence-electron chi connectivity index (χ0n) is 22.9. The highest BCUT2D eigenvalue weighted by Crippen LogP contribution is 2.30. The maximum absolute atomic E-state index is 5.76. The monoisotopic (exact) mass is 700 g/mol. The van der Waals surface area contributed by atoms with Gasteiger partial charge < -0.3 is 29.1 Å². The van der Waals surface area contributed by atoms with Gasteiger partial charge in [-0.2, -0.15) is 0 Å². The smallest absolute Gasteiger partial charge is 0.147 e. The Morgan fingerprint density at radius 3 is 1.07 bits per heavy atom. The minimum Gasteiger partial charge on any atom is -0.379 e. The number of ether oxygens (including phenoxy) is 2. The molecule has 0 aliphatic carbocycles. The number of hydrogen-bond donors (Lipinski definition) is 0. The molecule has 4 rings (SSSR count). The van der Waals surface area contributed by atoms with Crippen LogP contribution in [-0.4, -0.2) is 176 Å². The van der Waals surface area contributed by atoms with Crippen LogP contribution in [0.2, 0.25) is 0 Å². The first-order chi connectivity index (χ1) is 19.5. The molecule has 4 heterocycles. The summed E-state index contributed by atoms with van der Waals surface area (Å²) in [4.78, 5) is 14.1. The van der Waals surface area contributed by atoms with Gasteiger partial charge in [0.2, 0.25) is 0 Å². The van der Waals surface area contributed by atoms with Gasteiger partial charge in [-0.05, 0) is 21.6 Å². The molecule has 0 radical (unpaired) electrons. The first-order valence-corrected chi connectivity index (χ1v) is 19.6. The van der Waals surface area contributed by atoms with Crippen molar-refractivity contribution in [3.63, 3.8) is 0 Å². The van der Waals surface area contributed by atoms with E-state index in [4.69, 9.17) is 58.3 Å². The highest BCUT2D eigenvalue weighted by molar-refractivity contribution is 8.89. The number of rotatable bonds is 6. The third kappa shape index (κ3) is 11.4. The molecule has 4 saturated heterocycles. The van der Waals surface area contributed by atoms with Gasteiger partial charge in [-0.1, -0.05) is 72.4 Å². The number of nitrogens with zero attached hydrogens (tertiary/aromatic N) is 6. The van der Waals surface area contributed by atoms with Crippen molar-refractivity contribution >= 4 is 111 Å². The fourth-order valence-corrected chi connectivity index (χ4v) is 10.1. The van der Waals surface area contributed by atoms with E-state index in [0.717, 1.165) is 147 Å². The van der Waals surface area contributed by atoms with Gasteiger partial charge in [-0.15, -0.1) is 0 Å². The van der Waals surface area contributed by atoms with Crippen LogP contribution in [0.3, 0.4) is 0 Å². The van der Waals surface area contributed by atoms with Gasteiger partial charge in [-0.25, -0.2) is 0 Å². The standard InChI is InChI=1S/C24H40N6O2S8/c33-21(37-19-13-25-9-15-31-16-10-25)27-1-5-29(6-2-27)23(35)39-40-24(36)30-7-3-28(4-8-30)22(34)38-20-14-26-11-17-32-18-12-26/h1-20H2. The molecule has 0 spiro atoms. The molecule has 0 bridgehead atoms. The van der Waals surface area contributed by atoms with Crippen LogP contribution < -0.4 is 0 Å². The molecule has 0 amide bonds. The summed E-state index contributed by atoms with van der Waals surface area (Å²) in [7, 11) is 3.24. The predicted octanol–water partition coefficient (Wildman–Crippen LogP) is 2.87. The predicted molar refractivity (Wildman–Crippen MR) is 191 cm³/mol. The van der Waals surface area contributed by atoms with E-state index >= 15 is 0 Å². The third-order valence-electron chi connectivity index (χ3n) is 7.25. The maximum atomic E-state index is 5.76. The van der Waals surface area contributed by atoms with E-state index in [9.17, 15) is 0 Å². The number of hydrogen-bond acceptors (Lipinski definition) is 12. The van der Waals surface area contributed by atoms with Crippen molar-refractivity contribution in [1.29, 1.82) is 0 Å². The molecule has 0 atom stereocenters. The summed E-state index contributed by atoms with van der Waals surface area (Å²) in [6.07, 6.45) is 0. The molecule has 16 heteroatoms. The Bertz CT molecular complexity index is 777. The lowest BCUT2D eigenvalue weighted by Crippen LogP contribution is -2.49. The van der Waals surface area contributed by atoms with Gasteiger partial charge in [0.25, 0.3) is 0 Å². The Morgan fingerprint density at radius 1 is 0.450 bits per heavy atom. The molecular formula is C24H40N6O2S8. The highest BCUT2D eigenvalue weighted by atomic mass is 33.1. The highest BCUT2D eigenvalue weighted by Gasteiger charge is 2.25. The topological polar surface area (TPSA) is 37.9 Å². The van der Waals surface area contributed by atoms with Crippen molar-refractivity contribution in [1.82, 2.24) is 29.4 Å². The molecule has 4 aliphatic heterocycles. The summed E-state index contributed by atoms with van der Waals surface area (Å²) in [6.45, 7) is 17.0. The summed E-state index contributed by atoms with van der Waals surface area (Å²) < 4.78 is 14.7. The maximum Gasteiger partial charge on any atom is 0.147 e. The summed E-state index contributed by atoms with van der Waals surface area (Å²) in [6, 6.07) is 0. The molecule has 226 valence electrons. The molecule has 0 N–H and O–H groups in total. The Hall–Kier alpha value is 0.800. The molecule has 0 aromatic carbocycles. The van der Waals surface area contributed by atoms with Crippen molar-refractivity contribution in [2.75, 3.05) is 130 Å². The molecule has 4 aliphatic rings. The first kappa shape index (κ1) is 33.7. The van der Waals surface area contributed by atoms with Crippen LogP contribution in [-0.2, 0) is 9.47 Å². The van der Waals surface area contributed by atoms with Crippen LogP contribution in [0.15, 0.2) is 0 Å². The van der Waals surface area contributed by atoms with Gasteiger partial charge in [0.05, 0.1) is 26.4 Å². The van der Waals surface area contributed by atoms with E-state index in [1.807, 2.05) is 0 Å². The summed E-state index contributed by atoms with van der Waals surface area (Å²) >= 11 is 26.6. The van der Waals surface area contributed by atoms with Gasteiger partial charge in [-0.3, -0.25) is 9.80 Å². The number of piperazine rings is 2. The number of thiocarbonyl (C=S) groups is 4. The summed E-state index contributed by atoms with van der Waals surface area (Å²) in [5, 5.41) is 0.